The van der Waals surface area contributed by atoms with E-state index in [-0.39, 0.29) is 19.5 Å². The van der Waals surface area contributed by atoms with Crippen LogP contribution >= 0.6 is 23.2 Å². The van der Waals surface area contributed by atoms with Crippen molar-refractivity contribution in [3.8, 4) is 0 Å². The second-order valence-corrected chi connectivity index (χ2v) is 7.46. The smallest absolute Gasteiger partial charge is 0.481 e. The van der Waals surface area contributed by atoms with Crippen LogP contribution in [0.15, 0.2) is 18.2 Å². The Morgan fingerprint density at radius 2 is 1.46 bits per heavy atom. The Hall–Kier alpha value is -2.04. The minimum absolute atomic E-state index is 0.211. The zero-order chi connectivity index (χ0) is 21.5. The average Bonchev–Trinajstić information content (AvgIpc) is 3.10. The molecule has 2 fully saturated rings. The molecule has 1 aliphatic heterocycles. The van der Waals surface area contributed by atoms with Gasteiger partial charge in [0.15, 0.2) is 0 Å². The number of likely N-dealkylation sites (tertiary alicyclic amines) is 1. The second kappa shape index (κ2) is 7.41. The summed E-state index contributed by atoms with van der Waals surface area (Å²) in [7, 11) is 0. The summed E-state index contributed by atoms with van der Waals surface area (Å²) in [5.74, 6) is -4.81. The Morgan fingerprint density at radius 3 is 1.82 bits per heavy atom. The summed E-state index contributed by atoms with van der Waals surface area (Å²) in [6.07, 6.45) is -4.87. The van der Waals surface area contributed by atoms with Gasteiger partial charge < -0.3 is 15.3 Å². The highest BCUT2D eigenvalue weighted by Crippen LogP contribution is 2.68. The molecule has 0 spiro atoms. The van der Waals surface area contributed by atoms with Gasteiger partial charge in [-0.1, -0.05) is 29.3 Å². The predicted octanol–water partition coefficient (Wildman–Crippen LogP) is 2.99. The Kier molecular flexibility index (Phi) is 5.89. The maximum Gasteiger partial charge on any atom is 0.490 e. The van der Waals surface area contributed by atoms with E-state index in [9.17, 15) is 33.0 Å². The van der Waals surface area contributed by atoms with E-state index in [2.05, 4.69) is 0 Å². The van der Waals surface area contributed by atoms with E-state index < -0.39 is 34.9 Å². The van der Waals surface area contributed by atoms with Gasteiger partial charge in [0.2, 0.25) is 0 Å². The molecule has 154 valence electrons. The summed E-state index contributed by atoms with van der Waals surface area (Å²) in [6, 6.07) is 5.20. The number of alkyl halides is 3. The van der Waals surface area contributed by atoms with Gasteiger partial charge in [0, 0.05) is 19.6 Å². The SMILES string of the molecule is O=C(O)C(F)(F)F.O=C(O)[C@@]12CN(Cc3ccc(Cl)c(Cl)c3)C[C@]1(C(=O)O)C2. The van der Waals surface area contributed by atoms with E-state index >= 15 is 0 Å². The lowest BCUT2D eigenvalue weighted by molar-refractivity contribution is -0.192. The zero-order valence-electron chi connectivity index (χ0n) is 14.0. The molecule has 0 bridgehead atoms. The number of hydrogen-bond acceptors (Lipinski definition) is 4. The van der Waals surface area contributed by atoms with Gasteiger partial charge in [-0.2, -0.15) is 13.2 Å². The Bertz CT molecular complexity index is 805. The third-order valence-corrected chi connectivity index (χ3v) is 5.57. The maximum absolute atomic E-state index is 11.4. The number of halogens is 5. The number of carboxylic acid groups (broad SMARTS) is 3. The van der Waals surface area contributed by atoms with Crippen molar-refractivity contribution in [1.82, 2.24) is 4.90 Å². The molecule has 1 aromatic rings. The first-order valence-corrected chi connectivity index (χ1v) is 8.44. The van der Waals surface area contributed by atoms with Crippen molar-refractivity contribution >= 4 is 41.1 Å². The molecule has 1 aromatic carbocycles. The lowest BCUT2D eigenvalue weighted by Crippen LogP contribution is -2.28. The van der Waals surface area contributed by atoms with Crippen molar-refractivity contribution in [3.63, 3.8) is 0 Å². The maximum atomic E-state index is 11.4. The molecule has 3 N–H and O–H groups in total. The highest BCUT2D eigenvalue weighted by atomic mass is 35.5. The first-order chi connectivity index (χ1) is 12.7. The van der Waals surface area contributed by atoms with Crippen molar-refractivity contribution in [1.29, 1.82) is 0 Å². The molecule has 0 amide bonds. The molecule has 0 radical (unpaired) electrons. The van der Waals surface area contributed by atoms with Crippen LogP contribution in [0.3, 0.4) is 0 Å². The highest BCUT2D eigenvalue weighted by molar-refractivity contribution is 6.42. The summed E-state index contributed by atoms with van der Waals surface area (Å²) in [5.41, 5.74) is -1.41. The van der Waals surface area contributed by atoms with Crippen LogP contribution in [0.5, 0.6) is 0 Å². The monoisotopic (exact) mass is 443 g/mol. The summed E-state index contributed by atoms with van der Waals surface area (Å²) < 4.78 is 31.7. The van der Waals surface area contributed by atoms with Crippen molar-refractivity contribution in [3.05, 3.63) is 33.8 Å². The first-order valence-electron chi connectivity index (χ1n) is 7.68. The number of fused-ring (bicyclic) bond motifs is 1. The molecule has 0 aromatic heterocycles. The van der Waals surface area contributed by atoms with Gasteiger partial charge in [-0.25, -0.2) is 4.79 Å². The van der Waals surface area contributed by atoms with Gasteiger partial charge in [-0.05, 0) is 24.1 Å². The van der Waals surface area contributed by atoms with Gasteiger partial charge >= 0.3 is 24.1 Å². The Morgan fingerprint density at radius 1 is 1.00 bits per heavy atom. The zero-order valence-corrected chi connectivity index (χ0v) is 15.5. The Labute approximate surface area is 166 Å². The summed E-state index contributed by atoms with van der Waals surface area (Å²) >= 11 is 11.8. The minimum atomic E-state index is -5.08. The molecule has 1 saturated carbocycles. The van der Waals surface area contributed by atoms with Crippen LogP contribution in [-0.2, 0) is 20.9 Å². The molecule has 12 heteroatoms. The van der Waals surface area contributed by atoms with Crippen molar-refractivity contribution in [2.24, 2.45) is 10.8 Å². The quantitative estimate of drug-likeness (QED) is 0.654. The molecule has 2 atom stereocenters. The van der Waals surface area contributed by atoms with E-state index in [0.717, 1.165) is 5.56 Å². The van der Waals surface area contributed by atoms with Crippen LogP contribution in [0.4, 0.5) is 13.2 Å². The number of hydrogen-bond donors (Lipinski definition) is 3. The third-order valence-electron chi connectivity index (χ3n) is 4.83. The van der Waals surface area contributed by atoms with E-state index in [0.29, 0.717) is 16.6 Å². The number of carboxylic acids is 3. The Balaban J connectivity index is 0.000000345. The average molecular weight is 444 g/mol. The van der Waals surface area contributed by atoms with E-state index in [1.54, 1.807) is 18.2 Å². The molecule has 28 heavy (non-hydrogen) atoms. The number of nitrogens with zero attached hydrogens (tertiary/aromatic N) is 1. The van der Waals surface area contributed by atoms with Gasteiger partial charge in [0.1, 0.15) is 0 Å². The molecule has 7 nitrogen and oxygen atoms in total. The summed E-state index contributed by atoms with van der Waals surface area (Å²) in [6.45, 7) is 0.949. The van der Waals surface area contributed by atoms with Crippen molar-refractivity contribution in [2.45, 2.75) is 19.1 Å². The van der Waals surface area contributed by atoms with E-state index in [1.165, 1.54) is 0 Å². The van der Waals surface area contributed by atoms with Crippen LogP contribution in [0.25, 0.3) is 0 Å². The molecule has 1 heterocycles. The minimum Gasteiger partial charge on any atom is -0.481 e. The first kappa shape index (κ1) is 22.3. The highest BCUT2D eigenvalue weighted by Gasteiger charge is 2.80. The fraction of sp³-hybridized carbons (Fsp3) is 0.438. The molecule has 1 aliphatic carbocycles. The topological polar surface area (TPSA) is 115 Å². The van der Waals surface area contributed by atoms with Crippen LogP contribution in [-0.4, -0.2) is 57.4 Å². The lowest BCUT2D eigenvalue weighted by Gasteiger charge is -2.19. The van der Waals surface area contributed by atoms with Gasteiger partial charge in [0.05, 0.1) is 20.9 Å². The number of piperidine rings is 1. The molecule has 3 rings (SSSR count). The standard InChI is InChI=1S/C14H13Cl2NO4.C2HF3O2/c15-9-2-1-8(3-10(9)16)4-17-6-13(11(18)19)5-14(13,7-17)12(20)21;3-2(4,5)1(6)7/h1-3H,4-7H2,(H,18,19)(H,20,21);(H,6,7)/t13-,14+;. The normalized spacial score (nSPS) is 26.0. The molecule has 1 saturated heterocycles. The fourth-order valence-corrected chi connectivity index (χ4v) is 3.73. The van der Waals surface area contributed by atoms with Crippen molar-refractivity contribution in [2.75, 3.05) is 13.1 Å². The molecular weight excluding hydrogens is 430 g/mol. The fourth-order valence-electron chi connectivity index (χ4n) is 3.41. The second-order valence-electron chi connectivity index (χ2n) is 6.65. The number of carbonyl (C=O) groups is 3. The number of benzene rings is 1. The number of rotatable bonds is 4. The van der Waals surface area contributed by atoms with Gasteiger partial charge in [0.25, 0.3) is 0 Å². The van der Waals surface area contributed by atoms with Crippen LogP contribution in [0.1, 0.15) is 12.0 Å². The molecule has 0 unspecified atom stereocenters. The molecular formula is C16H14Cl2F3NO6. The van der Waals surface area contributed by atoms with Gasteiger partial charge in [-0.3, -0.25) is 14.5 Å². The van der Waals surface area contributed by atoms with Crippen molar-refractivity contribution < 1.29 is 42.9 Å². The van der Waals surface area contributed by atoms with E-state index in [4.69, 9.17) is 33.1 Å². The van der Waals surface area contributed by atoms with Crippen LogP contribution in [0.2, 0.25) is 10.0 Å². The predicted molar refractivity (Wildman–Crippen MR) is 90.2 cm³/mol. The summed E-state index contributed by atoms with van der Waals surface area (Å²) in [5, 5.41) is 26.7. The molecule has 2 aliphatic rings. The van der Waals surface area contributed by atoms with Crippen LogP contribution in [0, 0.1) is 10.8 Å². The number of aliphatic carboxylic acids is 3. The summed E-state index contributed by atoms with van der Waals surface area (Å²) in [4.78, 5) is 33.6. The third kappa shape index (κ3) is 4.03. The van der Waals surface area contributed by atoms with Crippen LogP contribution < -0.4 is 0 Å². The van der Waals surface area contributed by atoms with E-state index in [1.807, 2.05) is 4.90 Å². The van der Waals surface area contributed by atoms with Gasteiger partial charge in [-0.15, -0.1) is 0 Å². The lowest BCUT2D eigenvalue weighted by atomic mass is 9.97. The largest absolute Gasteiger partial charge is 0.490 e.